The summed E-state index contributed by atoms with van der Waals surface area (Å²) >= 11 is 0. The Balaban J connectivity index is 1.66. The molecule has 1 aliphatic carbocycles. The van der Waals surface area contributed by atoms with Gasteiger partial charge >= 0.3 is 0 Å². The number of nitrogens with one attached hydrogen (secondary N) is 1. The van der Waals surface area contributed by atoms with Crippen LogP contribution in [0.1, 0.15) is 50.2 Å². The van der Waals surface area contributed by atoms with Crippen LogP contribution in [-0.4, -0.2) is 43.8 Å². The van der Waals surface area contributed by atoms with Crippen LogP contribution < -0.4 is 9.62 Å². The van der Waals surface area contributed by atoms with Gasteiger partial charge in [0.2, 0.25) is 11.8 Å². The minimum Gasteiger partial charge on any atom is -0.352 e. The molecule has 0 aliphatic heterocycles. The maximum atomic E-state index is 14.7. The fourth-order valence-corrected chi connectivity index (χ4v) is 6.34. The molecular formula is C31H36FN3O4S. The van der Waals surface area contributed by atoms with E-state index in [0.717, 1.165) is 42.0 Å². The summed E-state index contributed by atoms with van der Waals surface area (Å²) in [5, 5.41) is 3.04. The molecule has 40 heavy (non-hydrogen) atoms. The number of aryl methyl sites for hydroxylation is 1. The molecule has 1 N–H and O–H groups in total. The molecule has 1 fully saturated rings. The lowest BCUT2D eigenvalue weighted by Crippen LogP contribution is -2.53. The number of carbonyl (C=O) groups is 2. The highest BCUT2D eigenvalue weighted by molar-refractivity contribution is 7.92. The number of nitrogens with zero attached hydrogens (tertiary/aromatic N) is 2. The highest BCUT2D eigenvalue weighted by Crippen LogP contribution is 2.25. The summed E-state index contributed by atoms with van der Waals surface area (Å²) in [5.74, 6) is -1.47. The first kappa shape index (κ1) is 29.3. The highest BCUT2D eigenvalue weighted by Gasteiger charge is 2.33. The zero-order chi connectivity index (χ0) is 28.7. The van der Waals surface area contributed by atoms with Crippen molar-refractivity contribution in [3.63, 3.8) is 0 Å². The minimum absolute atomic E-state index is 0.0249. The molecular weight excluding hydrogens is 529 g/mol. The molecule has 1 saturated carbocycles. The molecule has 3 aromatic carbocycles. The molecule has 212 valence electrons. The fourth-order valence-electron chi connectivity index (χ4n) is 4.92. The third kappa shape index (κ3) is 7.07. The van der Waals surface area contributed by atoms with Gasteiger partial charge in [-0.05, 0) is 57.0 Å². The topological polar surface area (TPSA) is 86.8 Å². The standard InChI is InChI=1S/C31H36FN3O4S/c1-23-17-19-28(20-18-23)40(38,39)35(27-14-7-4-8-15-27)22-30(36)34(21-25-11-9-10-16-29(25)32)24(2)31(37)33-26-12-5-3-6-13-26/h4,7-11,14-20,24,26H,3,5-6,12-13,21-22H2,1-2H3,(H,33,37). The number of sulfonamides is 1. The van der Waals surface area contributed by atoms with Crippen molar-refractivity contribution in [3.05, 3.63) is 95.8 Å². The zero-order valence-electron chi connectivity index (χ0n) is 22.9. The molecule has 0 saturated heterocycles. The monoisotopic (exact) mass is 565 g/mol. The Hall–Kier alpha value is -3.72. The molecule has 7 nitrogen and oxygen atoms in total. The second-order valence-electron chi connectivity index (χ2n) is 10.3. The largest absolute Gasteiger partial charge is 0.352 e. The number of rotatable bonds is 10. The van der Waals surface area contributed by atoms with E-state index in [-0.39, 0.29) is 29.0 Å². The van der Waals surface area contributed by atoms with Gasteiger partial charge in [0.15, 0.2) is 0 Å². The molecule has 0 aromatic heterocycles. The molecule has 0 heterocycles. The number of carbonyl (C=O) groups excluding carboxylic acids is 2. The normalized spacial score (nSPS) is 14.8. The van der Waals surface area contributed by atoms with Gasteiger partial charge in [0.05, 0.1) is 10.6 Å². The predicted octanol–water partition coefficient (Wildman–Crippen LogP) is 5.20. The second-order valence-corrected chi connectivity index (χ2v) is 12.2. The van der Waals surface area contributed by atoms with Crippen LogP contribution in [0.5, 0.6) is 0 Å². The van der Waals surface area contributed by atoms with Crippen LogP contribution in [0.3, 0.4) is 0 Å². The average Bonchev–Trinajstić information content (AvgIpc) is 2.96. The van der Waals surface area contributed by atoms with Gasteiger partial charge in [0.25, 0.3) is 10.0 Å². The van der Waals surface area contributed by atoms with E-state index in [4.69, 9.17) is 0 Å². The summed E-state index contributed by atoms with van der Waals surface area (Å²) < 4.78 is 43.3. The lowest BCUT2D eigenvalue weighted by molar-refractivity contribution is -0.139. The van der Waals surface area contributed by atoms with Crippen molar-refractivity contribution in [3.8, 4) is 0 Å². The summed E-state index contributed by atoms with van der Waals surface area (Å²) in [4.78, 5) is 28.5. The van der Waals surface area contributed by atoms with E-state index in [2.05, 4.69) is 5.32 Å². The van der Waals surface area contributed by atoms with E-state index >= 15 is 0 Å². The molecule has 1 unspecified atom stereocenters. The van der Waals surface area contributed by atoms with E-state index in [1.54, 1.807) is 67.6 Å². The third-order valence-electron chi connectivity index (χ3n) is 7.35. The van der Waals surface area contributed by atoms with Gasteiger partial charge in [0.1, 0.15) is 18.4 Å². The Morgan fingerprint density at radius 3 is 2.20 bits per heavy atom. The molecule has 1 atom stereocenters. The van der Waals surface area contributed by atoms with E-state index in [1.165, 1.54) is 23.1 Å². The third-order valence-corrected chi connectivity index (χ3v) is 9.14. The van der Waals surface area contributed by atoms with Crippen LogP contribution in [0.4, 0.5) is 10.1 Å². The molecule has 4 rings (SSSR count). The van der Waals surface area contributed by atoms with E-state index < -0.39 is 34.3 Å². The predicted molar refractivity (Wildman–Crippen MR) is 154 cm³/mol. The summed E-state index contributed by atoms with van der Waals surface area (Å²) in [5.41, 5.74) is 1.44. The van der Waals surface area contributed by atoms with Crippen LogP contribution in [-0.2, 0) is 26.2 Å². The summed E-state index contributed by atoms with van der Waals surface area (Å²) in [6.45, 7) is 2.71. The lowest BCUT2D eigenvalue weighted by atomic mass is 9.95. The number of halogens is 1. The van der Waals surface area contributed by atoms with Crippen molar-refractivity contribution in [2.75, 3.05) is 10.8 Å². The number of hydrogen-bond acceptors (Lipinski definition) is 4. The maximum Gasteiger partial charge on any atom is 0.264 e. The lowest BCUT2D eigenvalue weighted by Gasteiger charge is -2.33. The molecule has 0 radical (unpaired) electrons. The quantitative estimate of drug-likeness (QED) is 0.366. The molecule has 0 bridgehead atoms. The SMILES string of the molecule is Cc1ccc(S(=O)(=O)N(CC(=O)N(Cc2ccccc2F)C(C)C(=O)NC2CCCCC2)c2ccccc2)cc1. The highest BCUT2D eigenvalue weighted by atomic mass is 32.2. The number of anilines is 1. The van der Waals surface area contributed by atoms with Crippen molar-refractivity contribution in [1.82, 2.24) is 10.2 Å². The van der Waals surface area contributed by atoms with Crippen molar-refractivity contribution in [2.24, 2.45) is 0 Å². The molecule has 2 amide bonds. The van der Waals surface area contributed by atoms with Gasteiger partial charge < -0.3 is 10.2 Å². The fraction of sp³-hybridized carbons (Fsp3) is 0.355. The summed E-state index contributed by atoms with van der Waals surface area (Å²) in [6.07, 6.45) is 4.93. The van der Waals surface area contributed by atoms with E-state index in [0.29, 0.717) is 5.69 Å². The number of amides is 2. The number of hydrogen-bond donors (Lipinski definition) is 1. The molecule has 0 spiro atoms. The average molecular weight is 566 g/mol. The Morgan fingerprint density at radius 2 is 1.55 bits per heavy atom. The van der Waals surface area contributed by atoms with Gasteiger partial charge in [-0.1, -0.05) is 73.4 Å². The summed E-state index contributed by atoms with van der Waals surface area (Å²) in [6, 6.07) is 19.9. The van der Waals surface area contributed by atoms with Gasteiger partial charge in [-0.15, -0.1) is 0 Å². The maximum absolute atomic E-state index is 14.7. The molecule has 9 heteroatoms. The van der Waals surface area contributed by atoms with E-state index in [9.17, 15) is 22.4 Å². The first-order valence-corrected chi connectivity index (χ1v) is 15.1. The Bertz CT molecular complexity index is 1410. The Labute approximate surface area is 236 Å². The Morgan fingerprint density at radius 1 is 0.925 bits per heavy atom. The van der Waals surface area contributed by atoms with Gasteiger partial charge in [-0.2, -0.15) is 0 Å². The molecule has 3 aromatic rings. The number of benzene rings is 3. The molecule has 1 aliphatic rings. The van der Waals surface area contributed by atoms with E-state index in [1.807, 2.05) is 6.92 Å². The number of para-hydroxylation sites is 1. The van der Waals surface area contributed by atoms with Crippen LogP contribution in [0.2, 0.25) is 0 Å². The minimum atomic E-state index is -4.14. The Kier molecular flexibility index (Phi) is 9.58. The smallest absolute Gasteiger partial charge is 0.264 e. The summed E-state index contributed by atoms with van der Waals surface area (Å²) in [7, 11) is -4.14. The van der Waals surface area contributed by atoms with Gasteiger partial charge in [0, 0.05) is 18.2 Å². The second kappa shape index (κ2) is 13.1. The van der Waals surface area contributed by atoms with Crippen molar-refractivity contribution in [2.45, 2.75) is 69.5 Å². The zero-order valence-corrected chi connectivity index (χ0v) is 23.7. The first-order chi connectivity index (χ1) is 19.2. The van der Waals surface area contributed by atoms with Crippen molar-refractivity contribution >= 4 is 27.5 Å². The van der Waals surface area contributed by atoms with Crippen molar-refractivity contribution in [1.29, 1.82) is 0 Å². The van der Waals surface area contributed by atoms with Crippen LogP contribution >= 0.6 is 0 Å². The van der Waals surface area contributed by atoms with Gasteiger partial charge in [-0.3, -0.25) is 13.9 Å². The van der Waals surface area contributed by atoms with Crippen molar-refractivity contribution < 1.29 is 22.4 Å². The van der Waals surface area contributed by atoms with Crippen LogP contribution in [0.25, 0.3) is 0 Å². The van der Waals surface area contributed by atoms with Crippen LogP contribution in [0, 0.1) is 12.7 Å². The first-order valence-electron chi connectivity index (χ1n) is 13.6. The van der Waals surface area contributed by atoms with Gasteiger partial charge in [-0.25, -0.2) is 12.8 Å². The van der Waals surface area contributed by atoms with Crippen LogP contribution in [0.15, 0.2) is 83.8 Å².